The summed E-state index contributed by atoms with van der Waals surface area (Å²) < 4.78 is 0. The van der Waals surface area contributed by atoms with Crippen molar-refractivity contribution in [1.29, 1.82) is 0 Å². The molecular formula is C16H21N3O2. The van der Waals surface area contributed by atoms with Crippen LogP contribution in [0, 0.1) is 11.8 Å². The Morgan fingerprint density at radius 1 is 1.14 bits per heavy atom. The van der Waals surface area contributed by atoms with Crippen LogP contribution in [0.4, 0.5) is 0 Å². The fourth-order valence-corrected chi connectivity index (χ4v) is 2.93. The number of carbonyl (C=O) groups is 2. The first-order valence-corrected chi connectivity index (χ1v) is 7.71. The summed E-state index contributed by atoms with van der Waals surface area (Å²) in [6, 6.07) is 3.76. The summed E-state index contributed by atoms with van der Waals surface area (Å²) in [6.07, 6.45) is 7.53. The van der Waals surface area contributed by atoms with Crippen LogP contribution in [0.1, 0.15) is 31.2 Å². The first kappa shape index (κ1) is 14.0. The molecule has 1 saturated heterocycles. The predicted molar refractivity (Wildman–Crippen MR) is 78.1 cm³/mol. The Morgan fingerprint density at radius 2 is 1.86 bits per heavy atom. The third-order valence-corrected chi connectivity index (χ3v) is 4.33. The Bertz CT molecular complexity index is 512. The van der Waals surface area contributed by atoms with Crippen molar-refractivity contribution in [2.75, 3.05) is 13.1 Å². The van der Waals surface area contributed by atoms with Crippen LogP contribution < -0.4 is 5.32 Å². The Balaban J connectivity index is 1.46. The molecular weight excluding hydrogens is 266 g/mol. The molecule has 2 amide bonds. The first-order chi connectivity index (χ1) is 10.3. The highest BCUT2D eigenvalue weighted by molar-refractivity contribution is 5.92. The molecule has 0 bridgehead atoms. The van der Waals surface area contributed by atoms with Gasteiger partial charge in [-0.15, -0.1) is 0 Å². The SMILES string of the molecule is O=C(NCc1ccncc1)C1CC1C(=O)N1CCCCC1. The normalized spacial score (nSPS) is 24.5. The molecule has 2 unspecified atom stereocenters. The molecule has 0 aromatic carbocycles. The van der Waals surface area contributed by atoms with E-state index in [2.05, 4.69) is 10.3 Å². The number of nitrogens with zero attached hydrogens (tertiary/aromatic N) is 2. The van der Waals surface area contributed by atoms with Gasteiger partial charge in [0.25, 0.3) is 0 Å². The standard InChI is InChI=1S/C16H21N3O2/c20-15(18-11-12-4-6-17-7-5-12)13-10-14(13)16(21)19-8-2-1-3-9-19/h4-7,13-14H,1-3,8-11H2,(H,18,20). The molecule has 2 fully saturated rings. The van der Waals surface area contributed by atoms with E-state index >= 15 is 0 Å². The lowest BCUT2D eigenvalue weighted by atomic mass is 10.1. The van der Waals surface area contributed by atoms with Gasteiger partial charge in [0.1, 0.15) is 0 Å². The number of rotatable bonds is 4. The Hall–Kier alpha value is -1.91. The number of amides is 2. The van der Waals surface area contributed by atoms with Gasteiger partial charge in [-0.25, -0.2) is 0 Å². The number of nitrogens with one attached hydrogen (secondary N) is 1. The van der Waals surface area contributed by atoms with Gasteiger partial charge >= 0.3 is 0 Å². The maximum Gasteiger partial charge on any atom is 0.226 e. The Kier molecular flexibility index (Phi) is 4.18. The molecule has 1 saturated carbocycles. The maximum atomic E-state index is 12.3. The van der Waals surface area contributed by atoms with Crippen molar-refractivity contribution in [2.45, 2.75) is 32.2 Å². The minimum absolute atomic E-state index is 0.00201. The minimum Gasteiger partial charge on any atom is -0.352 e. The number of aromatic nitrogens is 1. The molecule has 1 N–H and O–H groups in total. The van der Waals surface area contributed by atoms with Gasteiger partial charge in [0.05, 0.1) is 11.8 Å². The molecule has 2 atom stereocenters. The summed E-state index contributed by atoms with van der Waals surface area (Å²) >= 11 is 0. The summed E-state index contributed by atoms with van der Waals surface area (Å²) in [7, 11) is 0. The fraction of sp³-hybridized carbons (Fsp3) is 0.562. The predicted octanol–water partition coefficient (Wildman–Crippen LogP) is 1.35. The van der Waals surface area contributed by atoms with E-state index in [1.807, 2.05) is 17.0 Å². The van der Waals surface area contributed by atoms with Gasteiger partial charge in [0, 0.05) is 32.0 Å². The van der Waals surface area contributed by atoms with Gasteiger partial charge in [-0.1, -0.05) is 0 Å². The van der Waals surface area contributed by atoms with Crippen LogP contribution in [0.25, 0.3) is 0 Å². The van der Waals surface area contributed by atoms with Gasteiger partial charge < -0.3 is 10.2 Å². The smallest absolute Gasteiger partial charge is 0.226 e. The lowest BCUT2D eigenvalue weighted by molar-refractivity contribution is -0.135. The van der Waals surface area contributed by atoms with E-state index in [9.17, 15) is 9.59 Å². The number of carbonyl (C=O) groups excluding carboxylic acids is 2. The molecule has 3 rings (SSSR count). The van der Waals surface area contributed by atoms with E-state index in [1.54, 1.807) is 12.4 Å². The molecule has 1 aromatic rings. The molecule has 112 valence electrons. The monoisotopic (exact) mass is 287 g/mol. The van der Waals surface area contributed by atoms with Crippen molar-refractivity contribution >= 4 is 11.8 Å². The third kappa shape index (κ3) is 3.40. The highest BCUT2D eigenvalue weighted by Crippen LogP contribution is 2.40. The van der Waals surface area contributed by atoms with Crippen molar-refractivity contribution in [2.24, 2.45) is 11.8 Å². The maximum absolute atomic E-state index is 12.3. The highest BCUT2D eigenvalue weighted by Gasteiger charge is 2.49. The van der Waals surface area contributed by atoms with Gasteiger partial charge in [0.2, 0.25) is 11.8 Å². The summed E-state index contributed by atoms with van der Waals surface area (Å²) in [5.74, 6) is -0.0252. The van der Waals surface area contributed by atoms with Gasteiger partial charge in [0.15, 0.2) is 0 Å². The largest absolute Gasteiger partial charge is 0.352 e. The Labute approximate surface area is 124 Å². The summed E-state index contributed by atoms with van der Waals surface area (Å²) in [5, 5.41) is 2.91. The van der Waals surface area contributed by atoms with Crippen LogP contribution >= 0.6 is 0 Å². The fourth-order valence-electron chi connectivity index (χ4n) is 2.93. The number of hydrogen-bond acceptors (Lipinski definition) is 3. The van der Waals surface area contributed by atoms with Crippen molar-refractivity contribution in [3.63, 3.8) is 0 Å². The molecule has 5 nitrogen and oxygen atoms in total. The van der Waals surface area contributed by atoms with Crippen molar-refractivity contribution < 1.29 is 9.59 Å². The second kappa shape index (κ2) is 6.24. The number of hydrogen-bond donors (Lipinski definition) is 1. The number of likely N-dealkylation sites (tertiary alicyclic amines) is 1. The molecule has 2 aliphatic rings. The molecule has 0 radical (unpaired) electrons. The van der Waals surface area contributed by atoms with E-state index in [4.69, 9.17) is 0 Å². The summed E-state index contributed by atoms with van der Waals surface area (Å²) in [5.41, 5.74) is 1.03. The van der Waals surface area contributed by atoms with E-state index in [1.165, 1.54) is 6.42 Å². The molecule has 1 aliphatic carbocycles. The molecule has 2 heterocycles. The topological polar surface area (TPSA) is 62.3 Å². The van der Waals surface area contributed by atoms with Crippen LogP contribution in [-0.2, 0) is 16.1 Å². The second-order valence-electron chi connectivity index (χ2n) is 5.91. The zero-order valence-corrected chi connectivity index (χ0v) is 12.1. The lowest BCUT2D eigenvalue weighted by Gasteiger charge is -2.26. The lowest BCUT2D eigenvalue weighted by Crippen LogP contribution is -2.37. The molecule has 5 heteroatoms. The van der Waals surface area contributed by atoms with Gasteiger partial charge in [-0.2, -0.15) is 0 Å². The van der Waals surface area contributed by atoms with Crippen LogP contribution in [0.2, 0.25) is 0 Å². The number of piperidine rings is 1. The van der Waals surface area contributed by atoms with E-state index in [0.717, 1.165) is 31.5 Å². The first-order valence-electron chi connectivity index (χ1n) is 7.71. The zero-order chi connectivity index (χ0) is 14.7. The van der Waals surface area contributed by atoms with E-state index in [-0.39, 0.29) is 23.7 Å². The quantitative estimate of drug-likeness (QED) is 0.909. The summed E-state index contributed by atoms with van der Waals surface area (Å²) in [6.45, 7) is 2.23. The average molecular weight is 287 g/mol. The minimum atomic E-state index is -0.124. The third-order valence-electron chi connectivity index (χ3n) is 4.33. The van der Waals surface area contributed by atoms with Crippen LogP contribution in [0.15, 0.2) is 24.5 Å². The van der Waals surface area contributed by atoms with Crippen LogP contribution in [-0.4, -0.2) is 34.8 Å². The van der Waals surface area contributed by atoms with Crippen LogP contribution in [0.3, 0.4) is 0 Å². The Morgan fingerprint density at radius 3 is 2.57 bits per heavy atom. The molecule has 1 aliphatic heterocycles. The van der Waals surface area contributed by atoms with Gasteiger partial charge in [-0.05, 0) is 43.4 Å². The molecule has 21 heavy (non-hydrogen) atoms. The zero-order valence-electron chi connectivity index (χ0n) is 12.1. The molecule has 1 aromatic heterocycles. The van der Waals surface area contributed by atoms with Crippen molar-refractivity contribution in [3.8, 4) is 0 Å². The van der Waals surface area contributed by atoms with Crippen LogP contribution in [0.5, 0.6) is 0 Å². The van der Waals surface area contributed by atoms with E-state index in [0.29, 0.717) is 13.0 Å². The van der Waals surface area contributed by atoms with Gasteiger partial charge in [-0.3, -0.25) is 14.6 Å². The average Bonchev–Trinajstić information content (AvgIpc) is 3.34. The highest BCUT2D eigenvalue weighted by atomic mass is 16.2. The second-order valence-corrected chi connectivity index (χ2v) is 5.91. The van der Waals surface area contributed by atoms with Crippen molar-refractivity contribution in [1.82, 2.24) is 15.2 Å². The van der Waals surface area contributed by atoms with E-state index < -0.39 is 0 Å². The molecule has 0 spiro atoms. The van der Waals surface area contributed by atoms with Crippen molar-refractivity contribution in [3.05, 3.63) is 30.1 Å². The number of pyridine rings is 1. The summed E-state index contributed by atoms with van der Waals surface area (Å²) in [4.78, 5) is 30.2.